The zero-order valence-electron chi connectivity index (χ0n) is 16.3. The molecule has 0 saturated carbocycles. The third kappa shape index (κ3) is 4.75. The highest BCUT2D eigenvalue weighted by atomic mass is 32.2. The highest BCUT2D eigenvalue weighted by Crippen LogP contribution is 2.24. The van der Waals surface area contributed by atoms with E-state index < -0.39 is 0 Å². The van der Waals surface area contributed by atoms with Gasteiger partial charge in [-0.3, -0.25) is 4.79 Å². The highest BCUT2D eigenvalue weighted by molar-refractivity contribution is 7.99. The van der Waals surface area contributed by atoms with E-state index in [0.717, 1.165) is 20.9 Å². The maximum atomic E-state index is 12.7. The summed E-state index contributed by atoms with van der Waals surface area (Å²) < 4.78 is 8.62. The summed E-state index contributed by atoms with van der Waals surface area (Å²) >= 11 is 3.26. The first-order valence-electron chi connectivity index (χ1n) is 9.24. The fourth-order valence-corrected chi connectivity index (χ4v) is 4.70. The largest absolute Gasteiger partial charge is 0.494 e. The van der Waals surface area contributed by atoms with Gasteiger partial charge in [0, 0.05) is 22.3 Å². The van der Waals surface area contributed by atoms with Crippen LogP contribution in [0.2, 0.25) is 0 Å². The number of aromatic nitrogens is 1. The van der Waals surface area contributed by atoms with Crippen molar-refractivity contribution in [1.29, 1.82) is 0 Å². The Hall–Kier alpha value is -2.31. The summed E-state index contributed by atoms with van der Waals surface area (Å²) in [4.78, 5) is 18.9. The highest BCUT2D eigenvalue weighted by Gasteiger charge is 2.10. The van der Waals surface area contributed by atoms with E-state index in [4.69, 9.17) is 4.74 Å². The molecule has 3 rings (SSSR count). The van der Waals surface area contributed by atoms with Crippen LogP contribution in [0.15, 0.2) is 65.0 Å². The van der Waals surface area contributed by atoms with Crippen molar-refractivity contribution in [2.45, 2.75) is 37.5 Å². The lowest BCUT2D eigenvalue weighted by Crippen LogP contribution is -2.16. The zero-order chi connectivity index (χ0) is 20.1. The number of rotatable bonds is 7. The van der Waals surface area contributed by atoms with E-state index in [-0.39, 0.29) is 5.91 Å². The molecule has 0 radical (unpaired) electrons. The van der Waals surface area contributed by atoms with Crippen molar-refractivity contribution in [2.75, 3.05) is 6.61 Å². The lowest BCUT2D eigenvalue weighted by Gasteiger charge is -2.05. The molecule has 2 aromatic carbocycles. The van der Waals surface area contributed by atoms with Crippen LogP contribution < -0.4 is 9.54 Å². The molecule has 0 saturated heterocycles. The number of thioether (sulfide) groups is 1. The number of hydrogen-bond donors (Lipinski definition) is 0. The second kappa shape index (κ2) is 9.26. The summed E-state index contributed by atoms with van der Waals surface area (Å²) in [7, 11) is 0. The number of fused-ring (bicyclic) bond motifs is 1. The first kappa shape index (κ1) is 20.4. The Kier molecular flexibility index (Phi) is 6.75. The van der Waals surface area contributed by atoms with Crippen LogP contribution in [0.25, 0.3) is 10.2 Å². The number of carbonyl (C=O) groups excluding carboxylic acids is 1. The van der Waals surface area contributed by atoms with E-state index in [1.54, 1.807) is 11.8 Å². The Balaban J connectivity index is 1.98. The summed E-state index contributed by atoms with van der Waals surface area (Å²) in [5.74, 6) is 0.577. The smallest absolute Gasteiger partial charge is 0.279 e. The summed E-state index contributed by atoms with van der Waals surface area (Å²) in [6, 6.07) is 13.6. The van der Waals surface area contributed by atoms with Crippen molar-refractivity contribution in [1.82, 2.24) is 4.57 Å². The number of carbonyl (C=O) groups is 1. The van der Waals surface area contributed by atoms with Gasteiger partial charge in [-0.15, -0.1) is 18.3 Å². The quantitative estimate of drug-likeness (QED) is 0.379. The molecule has 1 heterocycles. The summed E-state index contributed by atoms with van der Waals surface area (Å²) in [5.41, 5.74) is 1.61. The number of nitrogens with zero attached hydrogens (tertiary/aromatic N) is 2. The maximum Gasteiger partial charge on any atom is 0.279 e. The summed E-state index contributed by atoms with van der Waals surface area (Å²) in [6.07, 6.45) is 1.81. The van der Waals surface area contributed by atoms with Gasteiger partial charge in [-0.1, -0.05) is 31.3 Å². The Labute approximate surface area is 173 Å². The fraction of sp³-hybridized carbons (Fsp3) is 0.273. The van der Waals surface area contributed by atoms with Gasteiger partial charge in [0.05, 0.1) is 16.8 Å². The van der Waals surface area contributed by atoms with E-state index in [0.29, 0.717) is 28.8 Å². The molecule has 146 valence electrons. The van der Waals surface area contributed by atoms with Gasteiger partial charge >= 0.3 is 0 Å². The van der Waals surface area contributed by atoms with Gasteiger partial charge in [-0.25, -0.2) is 0 Å². The average Bonchev–Trinajstić information content (AvgIpc) is 2.99. The third-order valence-electron chi connectivity index (χ3n) is 3.95. The lowest BCUT2D eigenvalue weighted by atomic mass is 10.2. The minimum Gasteiger partial charge on any atom is -0.494 e. The monoisotopic (exact) mass is 412 g/mol. The van der Waals surface area contributed by atoms with Crippen LogP contribution >= 0.6 is 23.1 Å². The number of ether oxygens (including phenoxy) is 1. The third-order valence-corrected chi connectivity index (χ3v) is 6.00. The summed E-state index contributed by atoms with van der Waals surface area (Å²) in [5, 5.41) is 0.504. The van der Waals surface area contributed by atoms with Gasteiger partial charge in [-0.2, -0.15) is 4.99 Å². The van der Waals surface area contributed by atoms with Crippen molar-refractivity contribution in [3.8, 4) is 5.75 Å². The molecular weight excluding hydrogens is 388 g/mol. The number of allylic oxidation sites excluding steroid dienone is 1. The zero-order valence-corrected chi connectivity index (χ0v) is 18.0. The molecule has 0 aliphatic carbocycles. The molecule has 28 heavy (non-hydrogen) atoms. The fourth-order valence-electron chi connectivity index (χ4n) is 2.80. The predicted octanol–water partition coefficient (Wildman–Crippen LogP) is 5.53. The van der Waals surface area contributed by atoms with Crippen molar-refractivity contribution in [3.05, 3.63) is 65.5 Å². The first-order valence-corrected chi connectivity index (χ1v) is 10.9. The normalized spacial score (nSPS) is 11.9. The van der Waals surface area contributed by atoms with Gasteiger partial charge < -0.3 is 9.30 Å². The molecule has 1 aromatic heterocycles. The van der Waals surface area contributed by atoms with Crippen molar-refractivity contribution in [2.24, 2.45) is 4.99 Å². The number of hydrogen-bond acceptors (Lipinski definition) is 4. The molecule has 0 spiro atoms. The molecule has 0 aliphatic heterocycles. The van der Waals surface area contributed by atoms with Gasteiger partial charge in [0.15, 0.2) is 4.80 Å². The molecule has 3 aromatic rings. The topological polar surface area (TPSA) is 43.6 Å². The minimum absolute atomic E-state index is 0.240. The van der Waals surface area contributed by atoms with Gasteiger partial charge in [0.1, 0.15) is 5.75 Å². The van der Waals surface area contributed by atoms with Crippen molar-refractivity contribution < 1.29 is 9.53 Å². The molecule has 0 unspecified atom stereocenters. The van der Waals surface area contributed by atoms with Crippen LogP contribution in [0, 0.1) is 0 Å². The molecule has 0 bridgehead atoms. The number of benzene rings is 2. The molecule has 6 heteroatoms. The van der Waals surface area contributed by atoms with Crippen LogP contribution in [0.1, 0.15) is 31.1 Å². The number of thiazole rings is 1. The molecule has 0 N–H and O–H groups in total. The molecule has 0 fully saturated rings. The summed E-state index contributed by atoms with van der Waals surface area (Å²) in [6.45, 7) is 11.3. The van der Waals surface area contributed by atoms with Crippen LogP contribution in [0.5, 0.6) is 5.75 Å². The second-order valence-electron chi connectivity index (χ2n) is 6.45. The van der Waals surface area contributed by atoms with Crippen LogP contribution in [-0.4, -0.2) is 22.3 Å². The Morgan fingerprint density at radius 2 is 2.04 bits per heavy atom. The Morgan fingerprint density at radius 1 is 1.29 bits per heavy atom. The van der Waals surface area contributed by atoms with E-state index in [1.165, 1.54) is 11.3 Å². The van der Waals surface area contributed by atoms with E-state index >= 15 is 0 Å². The standard InChI is InChI=1S/C22H24N2O2S2/c1-5-13-24-19-12-9-17(26-6-2)14-20(19)28-22(24)23-21(25)16-7-10-18(11-8-16)27-15(3)4/h5,7-12,14-15H,1,6,13H2,2-4H3. The van der Waals surface area contributed by atoms with Gasteiger partial charge in [-0.05, 0) is 49.4 Å². The maximum absolute atomic E-state index is 12.7. The minimum atomic E-state index is -0.240. The lowest BCUT2D eigenvalue weighted by molar-refractivity contribution is 0.0998. The van der Waals surface area contributed by atoms with Crippen molar-refractivity contribution in [3.63, 3.8) is 0 Å². The Bertz CT molecular complexity index is 1050. The Morgan fingerprint density at radius 3 is 2.68 bits per heavy atom. The van der Waals surface area contributed by atoms with Gasteiger partial charge in [0.2, 0.25) is 0 Å². The van der Waals surface area contributed by atoms with E-state index in [9.17, 15) is 4.79 Å². The SMILES string of the molecule is C=CCn1c(=NC(=O)c2ccc(SC(C)C)cc2)sc2cc(OCC)ccc21. The van der Waals surface area contributed by atoms with Crippen LogP contribution in [0.4, 0.5) is 0 Å². The van der Waals surface area contributed by atoms with Gasteiger partial charge in [0.25, 0.3) is 5.91 Å². The van der Waals surface area contributed by atoms with Crippen LogP contribution in [0.3, 0.4) is 0 Å². The first-order chi connectivity index (χ1) is 13.5. The molecule has 4 nitrogen and oxygen atoms in total. The molecule has 1 amide bonds. The molecular formula is C22H24N2O2S2. The van der Waals surface area contributed by atoms with Crippen LogP contribution in [-0.2, 0) is 6.54 Å². The molecule has 0 atom stereocenters. The van der Waals surface area contributed by atoms with Crippen molar-refractivity contribution >= 4 is 39.2 Å². The van der Waals surface area contributed by atoms with E-state index in [2.05, 4.69) is 25.4 Å². The predicted molar refractivity (Wildman–Crippen MR) is 119 cm³/mol. The van der Waals surface area contributed by atoms with E-state index in [1.807, 2.05) is 60.0 Å². The second-order valence-corrected chi connectivity index (χ2v) is 9.11. The molecule has 0 aliphatic rings. The average molecular weight is 413 g/mol. The number of amides is 1.